The van der Waals surface area contributed by atoms with E-state index < -0.39 is 0 Å². The van der Waals surface area contributed by atoms with Crippen LogP contribution in [0, 0.1) is 5.82 Å². The molecule has 1 heterocycles. The minimum absolute atomic E-state index is 0.232. The number of likely N-dealkylation sites (N-methyl/N-ethyl adjacent to an activating group) is 1. The summed E-state index contributed by atoms with van der Waals surface area (Å²) >= 11 is 0. The maximum Gasteiger partial charge on any atom is 0.131 e. The molecule has 0 aliphatic rings. The van der Waals surface area contributed by atoms with Gasteiger partial charge in [0.05, 0.1) is 24.5 Å². The molecule has 2 aromatic carbocycles. The van der Waals surface area contributed by atoms with Gasteiger partial charge in [-0.2, -0.15) is 0 Å². The van der Waals surface area contributed by atoms with Gasteiger partial charge in [-0.3, -0.25) is 0 Å². The highest BCUT2D eigenvalue weighted by Crippen LogP contribution is 2.22. The average Bonchev–Trinajstić information content (AvgIpc) is 2.98. The molecule has 5 heteroatoms. The van der Waals surface area contributed by atoms with Crippen molar-refractivity contribution in [2.75, 3.05) is 20.7 Å². The van der Waals surface area contributed by atoms with E-state index in [2.05, 4.69) is 20.5 Å². The molecular weight excluding hydrogens is 293 g/mol. The van der Waals surface area contributed by atoms with Gasteiger partial charge < -0.3 is 14.2 Å². The first-order valence-corrected chi connectivity index (χ1v) is 7.59. The van der Waals surface area contributed by atoms with Gasteiger partial charge >= 0.3 is 0 Å². The van der Waals surface area contributed by atoms with Gasteiger partial charge in [-0.05, 0) is 31.3 Å². The number of methoxy groups -OCH3 is 1. The number of ether oxygens (including phenoxy) is 1. The topological polar surface area (TPSA) is 30.3 Å². The summed E-state index contributed by atoms with van der Waals surface area (Å²) in [4.78, 5) is 6.47. The van der Waals surface area contributed by atoms with Gasteiger partial charge in [0, 0.05) is 25.2 Å². The zero-order chi connectivity index (χ0) is 16.2. The number of hydrogen-bond acceptors (Lipinski definition) is 3. The average molecular weight is 313 g/mol. The Kier molecular flexibility index (Phi) is 4.57. The maximum atomic E-state index is 14.0. The van der Waals surface area contributed by atoms with Crippen LogP contribution in [0.2, 0.25) is 0 Å². The van der Waals surface area contributed by atoms with Crippen molar-refractivity contribution in [1.82, 2.24) is 14.5 Å². The van der Waals surface area contributed by atoms with Crippen LogP contribution >= 0.6 is 0 Å². The Morgan fingerprint density at radius 2 is 2.00 bits per heavy atom. The quantitative estimate of drug-likeness (QED) is 0.699. The highest BCUT2D eigenvalue weighted by molar-refractivity contribution is 5.74. The van der Waals surface area contributed by atoms with E-state index in [1.165, 1.54) is 6.07 Å². The molecule has 0 bridgehead atoms. The predicted octanol–water partition coefficient (Wildman–Crippen LogP) is 3.32. The highest BCUT2D eigenvalue weighted by atomic mass is 19.1. The molecule has 0 unspecified atom stereocenters. The third-order valence-electron chi connectivity index (χ3n) is 3.97. The van der Waals surface area contributed by atoms with E-state index in [9.17, 15) is 4.39 Å². The van der Waals surface area contributed by atoms with E-state index in [0.717, 1.165) is 24.1 Å². The van der Waals surface area contributed by atoms with Crippen LogP contribution in [-0.4, -0.2) is 35.2 Å². The van der Waals surface area contributed by atoms with Crippen molar-refractivity contribution in [3.8, 4) is 5.75 Å². The van der Waals surface area contributed by atoms with E-state index in [1.807, 2.05) is 31.6 Å². The van der Waals surface area contributed by atoms with E-state index >= 15 is 0 Å². The molecule has 0 saturated carbocycles. The van der Waals surface area contributed by atoms with Crippen molar-refractivity contribution >= 4 is 11.0 Å². The van der Waals surface area contributed by atoms with Gasteiger partial charge in [0.25, 0.3) is 0 Å². The number of halogens is 1. The van der Waals surface area contributed by atoms with Crippen molar-refractivity contribution in [1.29, 1.82) is 0 Å². The molecule has 0 spiro atoms. The molecule has 0 aliphatic heterocycles. The lowest BCUT2D eigenvalue weighted by molar-refractivity contribution is 0.299. The Labute approximate surface area is 135 Å². The normalized spacial score (nSPS) is 11.3. The van der Waals surface area contributed by atoms with E-state index in [1.54, 1.807) is 19.2 Å². The fraction of sp³-hybridized carbons (Fsp3) is 0.278. The van der Waals surface area contributed by atoms with Crippen LogP contribution in [0.4, 0.5) is 4.39 Å². The Hall–Kier alpha value is -2.40. The van der Waals surface area contributed by atoms with Crippen molar-refractivity contribution in [2.45, 2.75) is 13.1 Å². The Bertz CT molecular complexity index is 800. The minimum atomic E-state index is -0.232. The zero-order valence-corrected chi connectivity index (χ0v) is 13.4. The van der Waals surface area contributed by atoms with E-state index in [-0.39, 0.29) is 5.82 Å². The number of fused-ring (bicyclic) bond motifs is 1. The SMILES string of the molecule is COc1cccc(F)c1CN(C)CCn1cnc2ccccc21. The van der Waals surface area contributed by atoms with Crippen molar-refractivity contribution in [3.63, 3.8) is 0 Å². The molecule has 0 N–H and O–H groups in total. The Morgan fingerprint density at radius 3 is 2.83 bits per heavy atom. The number of benzene rings is 2. The third kappa shape index (κ3) is 3.35. The first-order chi connectivity index (χ1) is 11.2. The lowest BCUT2D eigenvalue weighted by Crippen LogP contribution is -2.23. The summed E-state index contributed by atoms with van der Waals surface area (Å²) in [6.45, 7) is 2.09. The van der Waals surface area contributed by atoms with Gasteiger partial charge in [-0.15, -0.1) is 0 Å². The van der Waals surface area contributed by atoms with Crippen molar-refractivity contribution in [3.05, 3.63) is 60.2 Å². The maximum absolute atomic E-state index is 14.0. The summed E-state index contributed by atoms with van der Waals surface area (Å²) in [5, 5.41) is 0. The van der Waals surface area contributed by atoms with Crippen LogP contribution in [0.5, 0.6) is 5.75 Å². The van der Waals surface area contributed by atoms with Crippen LogP contribution in [-0.2, 0) is 13.1 Å². The monoisotopic (exact) mass is 313 g/mol. The molecule has 0 aliphatic carbocycles. The molecular formula is C18H20FN3O. The number of aromatic nitrogens is 2. The van der Waals surface area contributed by atoms with Crippen LogP contribution in [0.3, 0.4) is 0 Å². The van der Waals surface area contributed by atoms with E-state index in [4.69, 9.17) is 4.74 Å². The van der Waals surface area contributed by atoms with Gasteiger partial charge in [-0.25, -0.2) is 9.37 Å². The second-order valence-corrected chi connectivity index (χ2v) is 5.59. The zero-order valence-electron chi connectivity index (χ0n) is 13.4. The van der Waals surface area contributed by atoms with Crippen LogP contribution in [0.1, 0.15) is 5.56 Å². The summed E-state index contributed by atoms with van der Waals surface area (Å²) in [5.41, 5.74) is 2.70. The Balaban J connectivity index is 1.67. The number of para-hydroxylation sites is 2. The summed E-state index contributed by atoms with van der Waals surface area (Å²) in [7, 11) is 3.54. The van der Waals surface area contributed by atoms with Crippen LogP contribution < -0.4 is 4.74 Å². The molecule has 1 aromatic heterocycles. The fourth-order valence-corrected chi connectivity index (χ4v) is 2.70. The molecule has 120 valence electrons. The fourth-order valence-electron chi connectivity index (χ4n) is 2.70. The van der Waals surface area contributed by atoms with Crippen LogP contribution in [0.25, 0.3) is 11.0 Å². The lowest BCUT2D eigenvalue weighted by Gasteiger charge is -2.19. The molecule has 3 rings (SSSR count). The largest absolute Gasteiger partial charge is 0.496 e. The number of hydrogen-bond donors (Lipinski definition) is 0. The van der Waals surface area contributed by atoms with Gasteiger partial charge in [0.1, 0.15) is 11.6 Å². The standard InChI is InChI=1S/C18H20FN3O/c1-21(12-14-15(19)6-5-9-18(14)23-2)10-11-22-13-20-16-7-3-4-8-17(16)22/h3-9,13H,10-12H2,1-2H3. The molecule has 3 aromatic rings. The first-order valence-electron chi connectivity index (χ1n) is 7.59. The number of rotatable bonds is 6. The number of imidazole rings is 1. The van der Waals surface area contributed by atoms with E-state index in [0.29, 0.717) is 17.9 Å². The second kappa shape index (κ2) is 6.79. The lowest BCUT2D eigenvalue weighted by atomic mass is 10.1. The second-order valence-electron chi connectivity index (χ2n) is 5.59. The smallest absolute Gasteiger partial charge is 0.131 e. The molecule has 0 amide bonds. The number of nitrogens with zero attached hydrogens (tertiary/aromatic N) is 3. The summed E-state index contributed by atoms with van der Waals surface area (Å²) < 4.78 is 21.4. The predicted molar refractivity (Wildman–Crippen MR) is 89.0 cm³/mol. The molecule has 4 nitrogen and oxygen atoms in total. The Morgan fingerprint density at radius 1 is 1.17 bits per heavy atom. The highest BCUT2D eigenvalue weighted by Gasteiger charge is 2.12. The van der Waals surface area contributed by atoms with Crippen LogP contribution in [0.15, 0.2) is 48.8 Å². The summed E-state index contributed by atoms with van der Waals surface area (Å²) in [5.74, 6) is 0.356. The molecule has 0 saturated heterocycles. The van der Waals surface area contributed by atoms with Gasteiger partial charge in [0.2, 0.25) is 0 Å². The molecule has 23 heavy (non-hydrogen) atoms. The first kappa shape index (κ1) is 15.5. The summed E-state index contributed by atoms with van der Waals surface area (Å²) in [6, 6.07) is 13.0. The van der Waals surface area contributed by atoms with Crippen molar-refractivity contribution in [2.24, 2.45) is 0 Å². The van der Waals surface area contributed by atoms with Crippen molar-refractivity contribution < 1.29 is 9.13 Å². The molecule has 0 fully saturated rings. The third-order valence-corrected chi connectivity index (χ3v) is 3.97. The molecule has 0 atom stereocenters. The minimum Gasteiger partial charge on any atom is -0.496 e. The summed E-state index contributed by atoms with van der Waals surface area (Å²) in [6.07, 6.45) is 1.85. The molecule has 0 radical (unpaired) electrons. The van der Waals surface area contributed by atoms with Gasteiger partial charge in [0.15, 0.2) is 0 Å². The van der Waals surface area contributed by atoms with Gasteiger partial charge in [-0.1, -0.05) is 18.2 Å².